The molecule has 1 saturated heterocycles. The molecule has 0 bridgehead atoms. The molecule has 1 aliphatic rings. The Labute approximate surface area is 144 Å². The zero-order chi connectivity index (χ0) is 17.4. The van der Waals surface area contributed by atoms with Crippen LogP contribution >= 0.6 is 0 Å². The van der Waals surface area contributed by atoms with E-state index in [-0.39, 0.29) is 24.8 Å². The fraction of sp³-hybridized carbons (Fsp3) is 0.579. The smallest absolute Gasteiger partial charge is 0.303 e. The van der Waals surface area contributed by atoms with Gasteiger partial charge in [-0.1, -0.05) is 25.1 Å². The van der Waals surface area contributed by atoms with Crippen LogP contribution in [0.2, 0.25) is 0 Å². The van der Waals surface area contributed by atoms with E-state index in [4.69, 9.17) is 5.11 Å². The van der Waals surface area contributed by atoms with Crippen LogP contribution in [0.25, 0.3) is 0 Å². The van der Waals surface area contributed by atoms with Crippen LogP contribution in [-0.4, -0.2) is 47.6 Å². The average Bonchev–Trinajstić information content (AvgIpc) is 2.57. The van der Waals surface area contributed by atoms with Crippen LogP contribution in [0.3, 0.4) is 0 Å². The molecule has 1 aromatic carbocycles. The van der Waals surface area contributed by atoms with E-state index in [9.17, 15) is 9.59 Å². The summed E-state index contributed by atoms with van der Waals surface area (Å²) in [5, 5.41) is 8.78. The summed E-state index contributed by atoms with van der Waals surface area (Å²) in [6.45, 7) is 5.34. The molecule has 0 spiro atoms. The third-order valence-electron chi connectivity index (χ3n) is 4.55. The first-order chi connectivity index (χ1) is 11.6. The molecule has 24 heavy (non-hydrogen) atoms. The topological polar surface area (TPSA) is 60.9 Å². The lowest BCUT2D eigenvalue weighted by atomic mass is 10.0. The summed E-state index contributed by atoms with van der Waals surface area (Å²) >= 11 is 0. The van der Waals surface area contributed by atoms with E-state index >= 15 is 0 Å². The molecule has 1 aromatic rings. The fourth-order valence-electron chi connectivity index (χ4n) is 3.38. The zero-order valence-electron chi connectivity index (χ0n) is 14.5. The van der Waals surface area contributed by atoms with Crippen molar-refractivity contribution in [2.45, 2.75) is 51.5 Å². The molecule has 5 nitrogen and oxygen atoms in total. The molecule has 1 N–H and O–H groups in total. The number of rotatable bonds is 8. The summed E-state index contributed by atoms with van der Waals surface area (Å²) in [4.78, 5) is 27.8. The highest BCUT2D eigenvalue weighted by Gasteiger charge is 2.28. The van der Waals surface area contributed by atoms with Crippen LogP contribution in [0.4, 0.5) is 5.69 Å². The second-order valence-corrected chi connectivity index (χ2v) is 6.42. The number of aliphatic carboxylic acids is 1. The number of likely N-dealkylation sites (tertiary alicyclic amines) is 1. The highest BCUT2D eigenvalue weighted by Crippen LogP contribution is 2.25. The molecule has 5 heteroatoms. The summed E-state index contributed by atoms with van der Waals surface area (Å²) < 4.78 is 0. The number of carboxylic acids is 1. The van der Waals surface area contributed by atoms with Crippen molar-refractivity contribution in [3.63, 3.8) is 0 Å². The highest BCUT2D eigenvalue weighted by atomic mass is 16.4. The van der Waals surface area contributed by atoms with Crippen LogP contribution in [0.15, 0.2) is 30.3 Å². The second kappa shape index (κ2) is 9.42. The minimum Gasteiger partial charge on any atom is -0.481 e. The maximum atomic E-state index is 12.8. The Hall–Kier alpha value is -1.88. The van der Waals surface area contributed by atoms with Crippen molar-refractivity contribution in [1.29, 1.82) is 0 Å². The van der Waals surface area contributed by atoms with Crippen molar-refractivity contribution in [3.8, 4) is 0 Å². The van der Waals surface area contributed by atoms with Crippen LogP contribution in [0.1, 0.15) is 45.4 Å². The maximum absolute atomic E-state index is 12.8. The van der Waals surface area contributed by atoms with Gasteiger partial charge < -0.3 is 14.9 Å². The van der Waals surface area contributed by atoms with E-state index in [1.54, 1.807) is 0 Å². The van der Waals surface area contributed by atoms with Gasteiger partial charge in [-0.05, 0) is 44.4 Å². The van der Waals surface area contributed by atoms with Gasteiger partial charge in [-0.25, -0.2) is 0 Å². The molecule has 0 saturated carbocycles. The number of para-hydroxylation sites is 1. The number of carbonyl (C=O) groups is 2. The predicted molar refractivity (Wildman–Crippen MR) is 95.2 cm³/mol. The highest BCUT2D eigenvalue weighted by molar-refractivity contribution is 5.94. The van der Waals surface area contributed by atoms with Gasteiger partial charge in [-0.3, -0.25) is 9.59 Å². The number of anilines is 1. The van der Waals surface area contributed by atoms with Crippen LogP contribution in [0, 0.1) is 0 Å². The molecule has 0 unspecified atom stereocenters. The quantitative estimate of drug-likeness (QED) is 0.794. The van der Waals surface area contributed by atoms with E-state index in [1.807, 2.05) is 35.2 Å². The first-order valence-corrected chi connectivity index (χ1v) is 8.93. The van der Waals surface area contributed by atoms with Crippen molar-refractivity contribution in [2.75, 3.05) is 24.5 Å². The first-order valence-electron chi connectivity index (χ1n) is 8.93. The molecular weight excluding hydrogens is 304 g/mol. The van der Waals surface area contributed by atoms with Crippen LogP contribution in [0.5, 0.6) is 0 Å². The third-order valence-corrected chi connectivity index (χ3v) is 4.55. The van der Waals surface area contributed by atoms with E-state index in [2.05, 4.69) is 11.8 Å². The first kappa shape index (κ1) is 18.5. The van der Waals surface area contributed by atoms with E-state index in [0.717, 1.165) is 44.6 Å². The predicted octanol–water partition coefficient (Wildman–Crippen LogP) is 3.15. The van der Waals surface area contributed by atoms with Gasteiger partial charge in [0.2, 0.25) is 5.91 Å². The van der Waals surface area contributed by atoms with Gasteiger partial charge in [0.1, 0.15) is 0 Å². The Morgan fingerprint density at radius 3 is 2.42 bits per heavy atom. The largest absolute Gasteiger partial charge is 0.481 e. The minimum atomic E-state index is -0.845. The van der Waals surface area contributed by atoms with Crippen molar-refractivity contribution in [3.05, 3.63) is 30.3 Å². The molecule has 0 radical (unpaired) electrons. The molecule has 0 aromatic heterocycles. The molecule has 1 amide bonds. The Morgan fingerprint density at radius 1 is 1.17 bits per heavy atom. The van der Waals surface area contributed by atoms with Crippen molar-refractivity contribution >= 4 is 17.6 Å². The standard InChI is InChI=1S/C19H28N2O3/c1-2-13-20-14-11-17(12-15-20)21(16-7-4-3-5-8-16)18(22)9-6-10-19(23)24/h3-5,7-8,17H,2,6,9-15H2,1H3,(H,23,24). The number of carboxylic acid groups (broad SMARTS) is 1. The maximum Gasteiger partial charge on any atom is 0.303 e. The number of piperidine rings is 1. The SMILES string of the molecule is CCCN1CCC(N(C(=O)CCCC(=O)O)c2ccccc2)CC1. The molecule has 0 atom stereocenters. The van der Waals surface area contributed by atoms with Crippen molar-refractivity contribution in [1.82, 2.24) is 4.90 Å². The normalized spacial score (nSPS) is 16.0. The molecule has 2 rings (SSSR count). The van der Waals surface area contributed by atoms with E-state index in [1.165, 1.54) is 0 Å². The van der Waals surface area contributed by atoms with Crippen LogP contribution in [-0.2, 0) is 9.59 Å². The van der Waals surface area contributed by atoms with E-state index < -0.39 is 5.97 Å². The summed E-state index contributed by atoms with van der Waals surface area (Å²) in [5.41, 5.74) is 0.923. The summed E-state index contributed by atoms with van der Waals surface area (Å²) in [5.74, 6) is -0.807. The lowest BCUT2D eigenvalue weighted by Gasteiger charge is -2.38. The lowest BCUT2D eigenvalue weighted by Crippen LogP contribution is -2.47. The fourth-order valence-corrected chi connectivity index (χ4v) is 3.38. The summed E-state index contributed by atoms with van der Waals surface area (Å²) in [7, 11) is 0. The van der Waals surface area contributed by atoms with Gasteiger partial charge in [0.25, 0.3) is 0 Å². The Bertz CT molecular complexity index is 525. The lowest BCUT2D eigenvalue weighted by molar-refractivity contribution is -0.137. The zero-order valence-corrected chi connectivity index (χ0v) is 14.5. The Kier molecular flexibility index (Phi) is 7.25. The number of benzene rings is 1. The third kappa shape index (κ3) is 5.34. The Balaban J connectivity index is 2.04. The van der Waals surface area contributed by atoms with E-state index in [0.29, 0.717) is 6.42 Å². The van der Waals surface area contributed by atoms with Crippen molar-refractivity contribution < 1.29 is 14.7 Å². The number of nitrogens with zero attached hydrogens (tertiary/aromatic N) is 2. The van der Waals surface area contributed by atoms with Gasteiger partial charge >= 0.3 is 5.97 Å². The molecule has 132 valence electrons. The number of hydrogen-bond donors (Lipinski definition) is 1. The van der Waals surface area contributed by atoms with Crippen molar-refractivity contribution in [2.24, 2.45) is 0 Å². The average molecular weight is 332 g/mol. The minimum absolute atomic E-state index is 0.0383. The van der Waals surface area contributed by atoms with Gasteiger partial charge in [0, 0.05) is 37.7 Å². The molecule has 1 heterocycles. The second-order valence-electron chi connectivity index (χ2n) is 6.42. The molecular formula is C19H28N2O3. The number of amides is 1. The Morgan fingerprint density at radius 2 is 1.83 bits per heavy atom. The number of hydrogen-bond acceptors (Lipinski definition) is 3. The number of carbonyl (C=O) groups excluding carboxylic acids is 1. The molecule has 0 aliphatic carbocycles. The monoisotopic (exact) mass is 332 g/mol. The van der Waals surface area contributed by atoms with Gasteiger partial charge in [0.15, 0.2) is 0 Å². The van der Waals surface area contributed by atoms with Crippen LogP contribution < -0.4 is 4.90 Å². The summed E-state index contributed by atoms with van der Waals surface area (Å²) in [6, 6.07) is 9.97. The van der Waals surface area contributed by atoms with Gasteiger partial charge in [-0.2, -0.15) is 0 Å². The van der Waals surface area contributed by atoms with Gasteiger partial charge in [0.05, 0.1) is 0 Å². The van der Waals surface area contributed by atoms with Gasteiger partial charge in [-0.15, -0.1) is 0 Å². The summed E-state index contributed by atoms with van der Waals surface area (Å²) in [6.07, 6.45) is 3.83. The molecule has 1 aliphatic heterocycles. The molecule has 1 fully saturated rings.